The van der Waals surface area contributed by atoms with E-state index in [0.717, 1.165) is 23.1 Å². The van der Waals surface area contributed by atoms with E-state index < -0.39 is 0 Å². The Kier molecular flexibility index (Phi) is 7.02. The number of hydrogen-bond donors (Lipinski definition) is 1. The molecule has 0 fully saturated rings. The summed E-state index contributed by atoms with van der Waals surface area (Å²) in [7, 11) is 0. The Morgan fingerprint density at radius 2 is 2.06 bits per heavy atom. The molecule has 1 atom stereocenters. The summed E-state index contributed by atoms with van der Waals surface area (Å²) in [5.74, 6) is 1.75. The van der Waals surface area contributed by atoms with Crippen LogP contribution in [-0.4, -0.2) is 11.8 Å². The minimum atomic E-state index is 0.290. The molecule has 1 aromatic rings. The van der Waals surface area contributed by atoms with Gasteiger partial charge in [0.15, 0.2) is 0 Å². The molecule has 1 aromatic carbocycles. The lowest BCUT2D eigenvalue weighted by Crippen LogP contribution is -2.22. The van der Waals surface area contributed by atoms with Gasteiger partial charge < -0.3 is 5.73 Å². The fraction of sp³-hybridized carbons (Fsp3) is 0.571. The highest BCUT2D eigenvalue weighted by molar-refractivity contribution is 7.99. The summed E-state index contributed by atoms with van der Waals surface area (Å²) in [6, 6.07) is 8.24. The second kappa shape index (κ2) is 8.02. The molecule has 0 aromatic heterocycles. The second-order valence-electron chi connectivity index (χ2n) is 4.85. The van der Waals surface area contributed by atoms with Crippen molar-refractivity contribution in [2.75, 3.05) is 5.75 Å². The van der Waals surface area contributed by atoms with Crippen molar-refractivity contribution in [3.05, 3.63) is 29.3 Å². The summed E-state index contributed by atoms with van der Waals surface area (Å²) in [4.78, 5) is 1.21. The first-order valence-corrected chi connectivity index (χ1v) is 7.58. The molecule has 1 unspecified atom stereocenters. The Balaban J connectivity index is 2.21. The van der Waals surface area contributed by atoms with Crippen LogP contribution in [0.1, 0.15) is 33.1 Å². The Labute approximate surface area is 114 Å². The van der Waals surface area contributed by atoms with E-state index in [4.69, 9.17) is 17.3 Å². The summed E-state index contributed by atoms with van der Waals surface area (Å²) in [5.41, 5.74) is 6.09. The monoisotopic (exact) mass is 271 g/mol. The molecule has 3 heteroatoms. The van der Waals surface area contributed by atoms with Crippen molar-refractivity contribution in [3.8, 4) is 0 Å². The zero-order valence-corrected chi connectivity index (χ0v) is 12.2. The van der Waals surface area contributed by atoms with E-state index in [-0.39, 0.29) is 6.04 Å². The minimum Gasteiger partial charge on any atom is -0.327 e. The van der Waals surface area contributed by atoms with Crippen molar-refractivity contribution in [2.24, 2.45) is 11.7 Å². The molecule has 0 radical (unpaired) electrons. The number of thioether (sulfide) groups is 1. The van der Waals surface area contributed by atoms with Gasteiger partial charge in [-0.1, -0.05) is 44.4 Å². The molecule has 96 valence electrons. The fourth-order valence-electron chi connectivity index (χ4n) is 1.63. The summed E-state index contributed by atoms with van der Waals surface area (Å²) in [5, 5.41) is 0.795. The van der Waals surface area contributed by atoms with Gasteiger partial charge in [-0.3, -0.25) is 0 Å². The van der Waals surface area contributed by atoms with Crippen molar-refractivity contribution in [1.29, 1.82) is 0 Å². The molecule has 0 bridgehead atoms. The van der Waals surface area contributed by atoms with Gasteiger partial charge in [0.25, 0.3) is 0 Å². The van der Waals surface area contributed by atoms with Crippen LogP contribution in [0.15, 0.2) is 29.2 Å². The first kappa shape index (κ1) is 14.9. The van der Waals surface area contributed by atoms with Crippen LogP contribution in [0.3, 0.4) is 0 Å². The molecule has 1 rings (SSSR count). The van der Waals surface area contributed by atoms with Gasteiger partial charge in [0.2, 0.25) is 0 Å². The predicted molar refractivity (Wildman–Crippen MR) is 78.8 cm³/mol. The highest BCUT2D eigenvalue weighted by Gasteiger charge is 2.04. The third kappa shape index (κ3) is 6.97. The predicted octanol–water partition coefficient (Wildman–Crippen LogP) is 4.59. The van der Waals surface area contributed by atoms with Gasteiger partial charge in [-0.05, 0) is 30.5 Å². The lowest BCUT2D eigenvalue weighted by atomic mass is 10.0. The fourth-order valence-corrected chi connectivity index (χ4v) is 2.84. The molecular weight excluding hydrogens is 250 g/mol. The van der Waals surface area contributed by atoms with Crippen LogP contribution in [0.2, 0.25) is 5.02 Å². The maximum Gasteiger partial charge on any atom is 0.0417 e. The standard InChI is InChI=1S/C14H22ClNS/c1-11(2)5-3-7-13(16)10-17-14-8-4-6-12(15)9-14/h4,6,8-9,11,13H,3,5,7,10,16H2,1-2H3. The highest BCUT2D eigenvalue weighted by Crippen LogP contribution is 2.22. The minimum absolute atomic E-state index is 0.290. The normalized spacial score (nSPS) is 13.0. The average molecular weight is 272 g/mol. The van der Waals surface area contributed by atoms with E-state index in [2.05, 4.69) is 19.9 Å². The van der Waals surface area contributed by atoms with Gasteiger partial charge in [0, 0.05) is 21.7 Å². The third-order valence-corrected chi connectivity index (χ3v) is 4.03. The Morgan fingerprint density at radius 3 is 2.71 bits per heavy atom. The van der Waals surface area contributed by atoms with Crippen LogP contribution in [-0.2, 0) is 0 Å². The quantitative estimate of drug-likeness (QED) is 0.735. The summed E-state index contributed by atoms with van der Waals surface area (Å²) in [6.45, 7) is 4.51. The van der Waals surface area contributed by atoms with Gasteiger partial charge in [-0.15, -0.1) is 11.8 Å². The number of nitrogens with two attached hydrogens (primary N) is 1. The Bertz CT molecular complexity index is 328. The van der Waals surface area contributed by atoms with Crippen molar-refractivity contribution in [1.82, 2.24) is 0 Å². The molecule has 0 spiro atoms. The molecule has 0 amide bonds. The van der Waals surface area contributed by atoms with Crippen LogP contribution < -0.4 is 5.73 Å². The van der Waals surface area contributed by atoms with Crippen LogP contribution in [0.4, 0.5) is 0 Å². The van der Waals surface area contributed by atoms with Gasteiger partial charge in [-0.25, -0.2) is 0 Å². The largest absolute Gasteiger partial charge is 0.327 e. The lowest BCUT2D eigenvalue weighted by molar-refractivity contribution is 0.513. The van der Waals surface area contributed by atoms with Crippen molar-refractivity contribution in [2.45, 2.75) is 44.0 Å². The number of halogens is 1. The van der Waals surface area contributed by atoms with E-state index in [1.54, 1.807) is 11.8 Å². The van der Waals surface area contributed by atoms with E-state index in [1.807, 2.05) is 18.2 Å². The molecule has 0 saturated heterocycles. The summed E-state index contributed by atoms with van der Waals surface area (Å²) in [6.07, 6.45) is 3.62. The molecule has 2 N–H and O–H groups in total. The van der Waals surface area contributed by atoms with Crippen LogP contribution in [0.25, 0.3) is 0 Å². The third-order valence-electron chi connectivity index (χ3n) is 2.62. The number of benzene rings is 1. The Hall–Kier alpha value is -0.180. The second-order valence-corrected chi connectivity index (χ2v) is 6.38. The van der Waals surface area contributed by atoms with Gasteiger partial charge in [-0.2, -0.15) is 0 Å². The summed E-state index contributed by atoms with van der Waals surface area (Å²) < 4.78 is 0. The molecule has 0 aliphatic carbocycles. The molecule has 0 saturated carbocycles. The number of rotatable bonds is 7. The van der Waals surface area contributed by atoms with Crippen LogP contribution in [0, 0.1) is 5.92 Å². The SMILES string of the molecule is CC(C)CCCC(N)CSc1cccc(Cl)c1. The molecule has 0 aliphatic rings. The first-order chi connectivity index (χ1) is 8.08. The van der Waals surface area contributed by atoms with E-state index in [0.29, 0.717) is 0 Å². The van der Waals surface area contributed by atoms with Crippen LogP contribution >= 0.6 is 23.4 Å². The summed E-state index contributed by atoms with van der Waals surface area (Å²) >= 11 is 7.73. The maximum atomic E-state index is 6.09. The van der Waals surface area contributed by atoms with E-state index >= 15 is 0 Å². The molecule has 1 nitrogen and oxygen atoms in total. The van der Waals surface area contributed by atoms with Gasteiger partial charge in [0.1, 0.15) is 0 Å². The van der Waals surface area contributed by atoms with Gasteiger partial charge in [0.05, 0.1) is 0 Å². The van der Waals surface area contributed by atoms with Crippen LogP contribution in [0.5, 0.6) is 0 Å². The number of hydrogen-bond acceptors (Lipinski definition) is 2. The van der Waals surface area contributed by atoms with E-state index in [1.165, 1.54) is 17.7 Å². The van der Waals surface area contributed by atoms with Crippen molar-refractivity contribution in [3.63, 3.8) is 0 Å². The van der Waals surface area contributed by atoms with Crippen molar-refractivity contribution < 1.29 is 0 Å². The first-order valence-electron chi connectivity index (χ1n) is 6.22. The smallest absolute Gasteiger partial charge is 0.0417 e. The van der Waals surface area contributed by atoms with E-state index in [9.17, 15) is 0 Å². The average Bonchev–Trinajstić information content (AvgIpc) is 2.26. The van der Waals surface area contributed by atoms with Gasteiger partial charge >= 0.3 is 0 Å². The zero-order valence-electron chi connectivity index (χ0n) is 10.7. The molecular formula is C14H22ClNS. The maximum absolute atomic E-state index is 6.09. The van der Waals surface area contributed by atoms with Crippen molar-refractivity contribution >= 4 is 23.4 Å². The topological polar surface area (TPSA) is 26.0 Å². The highest BCUT2D eigenvalue weighted by atomic mass is 35.5. The zero-order chi connectivity index (χ0) is 12.7. The lowest BCUT2D eigenvalue weighted by Gasteiger charge is -2.12. The molecule has 0 aliphatic heterocycles. The molecule has 17 heavy (non-hydrogen) atoms. The Morgan fingerprint density at radius 1 is 1.29 bits per heavy atom. The molecule has 0 heterocycles.